The van der Waals surface area contributed by atoms with E-state index in [1.165, 1.54) is 0 Å². The number of anilines is 2. The van der Waals surface area contributed by atoms with E-state index in [9.17, 15) is 4.79 Å². The quantitative estimate of drug-likeness (QED) is 0.351. The summed E-state index contributed by atoms with van der Waals surface area (Å²) in [4.78, 5) is 33.4. The lowest BCUT2D eigenvalue weighted by molar-refractivity contribution is 0.133. The molecule has 0 aliphatic carbocycles. The van der Waals surface area contributed by atoms with Crippen LogP contribution in [0.2, 0.25) is 0 Å². The van der Waals surface area contributed by atoms with Gasteiger partial charge in [0.25, 0.3) is 5.56 Å². The molecule has 9 heteroatoms. The molecule has 2 aromatic heterocycles. The molecule has 182 valence electrons. The number of pyridine rings is 1. The second-order valence-corrected chi connectivity index (χ2v) is 9.12. The van der Waals surface area contributed by atoms with Crippen molar-refractivity contribution in [2.24, 2.45) is 10.4 Å². The van der Waals surface area contributed by atoms with Crippen LogP contribution in [0.25, 0.3) is 10.9 Å². The molecule has 2 aliphatic rings. The standard InChI is InChI=1S/C25H35N7O2/c1-5-19(31(6-2)17-26-4)15-18(3)28-22-21-20(7-11-27-23(21)33)29-24(30-22)32-12-8-25(9-13-32)10-14-34-16-25/h5,7,11,15,17-18H,1,6,8-10,12-14,16H2,2-4H3,(H,27,33)(H,28,29,30). The van der Waals surface area contributed by atoms with Gasteiger partial charge < -0.3 is 24.8 Å². The van der Waals surface area contributed by atoms with Gasteiger partial charge in [-0.1, -0.05) is 6.58 Å². The van der Waals surface area contributed by atoms with Gasteiger partial charge in [-0.3, -0.25) is 9.79 Å². The fraction of sp³-hybridized carbons (Fsp3) is 0.520. The lowest BCUT2D eigenvalue weighted by atomic mass is 9.78. The van der Waals surface area contributed by atoms with Crippen LogP contribution in [-0.4, -0.2) is 72.1 Å². The zero-order valence-corrected chi connectivity index (χ0v) is 20.4. The number of hydrogen-bond acceptors (Lipinski definition) is 7. The van der Waals surface area contributed by atoms with Gasteiger partial charge in [0.15, 0.2) is 0 Å². The molecule has 1 spiro atoms. The third kappa shape index (κ3) is 4.99. The van der Waals surface area contributed by atoms with Crippen molar-refractivity contribution in [3.63, 3.8) is 0 Å². The Morgan fingerprint density at radius 3 is 2.85 bits per heavy atom. The molecule has 0 amide bonds. The van der Waals surface area contributed by atoms with Gasteiger partial charge >= 0.3 is 0 Å². The highest BCUT2D eigenvalue weighted by Gasteiger charge is 2.38. The number of aliphatic imine (C=N–C) groups is 1. The Labute approximate surface area is 200 Å². The van der Waals surface area contributed by atoms with E-state index in [1.54, 1.807) is 25.7 Å². The Hall–Kier alpha value is -3.20. The average Bonchev–Trinajstić information content (AvgIpc) is 3.29. The Morgan fingerprint density at radius 2 is 2.21 bits per heavy atom. The van der Waals surface area contributed by atoms with Crippen LogP contribution in [0.15, 0.2) is 46.5 Å². The molecule has 2 N–H and O–H groups in total. The normalized spacial score (nSPS) is 19.1. The van der Waals surface area contributed by atoms with Crippen LogP contribution < -0.4 is 15.8 Å². The molecule has 4 heterocycles. The van der Waals surface area contributed by atoms with Gasteiger partial charge in [0, 0.05) is 51.2 Å². The highest BCUT2D eigenvalue weighted by Crippen LogP contribution is 2.40. The van der Waals surface area contributed by atoms with Crippen LogP contribution in [0, 0.1) is 5.41 Å². The molecule has 2 aliphatic heterocycles. The van der Waals surface area contributed by atoms with E-state index in [0.717, 1.165) is 57.8 Å². The van der Waals surface area contributed by atoms with Gasteiger partial charge in [0.05, 0.1) is 18.5 Å². The number of fused-ring (bicyclic) bond motifs is 1. The van der Waals surface area contributed by atoms with Crippen molar-refractivity contribution in [3.05, 3.63) is 47.0 Å². The van der Waals surface area contributed by atoms with Gasteiger partial charge in [0.1, 0.15) is 11.2 Å². The summed E-state index contributed by atoms with van der Waals surface area (Å²) in [5.41, 5.74) is 1.66. The van der Waals surface area contributed by atoms with Crippen LogP contribution in [0.5, 0.6) is 0 Å². The minimum atomic E-state index is -0.208. The van der Waals surface area contributed by atoms with Crippen molar-refractivity contribution in [1.82, 2.24) is 19.9 Å². The van der Waals surface area contributed by atoms with E-state index < -0.39 is 0 Å². The molecule has 34 heavy (non-hydrogen) atoms. The van der Waals surface area contributed by atoms with E-state index in [-0.39, 0.29) is 11.6 Å². The Morgan fingerprint density at radius 1 is 1.41 bits per heavy atom. The van der Waals surface area contributed by atoms with Crippen LogP contribution in [0.3, 0.4) is 0 Å². The molecule has 2 fully saturated rings. The predicted octanol–water partition coefficient (Wildman–Crippen LogP) is 3.18. The summed E-state index contributed by atoms with van der Waals surface area (Å²) in [6.45, 7) is 12.3. The molecular formula is C25H35N7O2. The summed E-state index contributed by atoms with van der Waals surface area (Å²) in [5.74, 6) is 1.19. The number of nitrogens with one attached hydrogen (secondary N) is 2. The summed E-state index contributed by atoms with van der Waals surface area (Å²) in [6, 6.07) is 1.72. The van der Waals surface area contributed by atoms with E-state index in [1.807, 2.05) is 24.0 Å². The minimum Gasteiger partial charge on any atom is -0.381 e. The fourth-order valence-corrected chi connectivity index (χ4v) is 4.81. The summed E-state index contributed by atoms with van der Waals surface area (Å²) < 4.78 is 5.67. The van der Waals surface area contributed by atoms with Crippen molar-refractivity contribution >= 4 is 29.0 Å². The second kappa shape index (κ2) is 10.4. The van der Waals surface area contributed by atoms with Crippen LogP contribution in [-0.2, 0) is 4.74 Å². The van der Waals surface area contributed by atoms with Crippen molar-refractivity contribution in [2.45, 2.75) is 39.2 Å². The monoisotopic (exact) mass is 465 g/mol. The van der Waals surface area contributed by atoms with E-state index in [4.69, 9.17) is 14.7 Å². The first-order chi connectivity index (χ1) is 16.5. The van der Waals surface area contributed by atoms with Crippen molar-refractivity contribution < 1.29 is 4.74 Å². The molecule has 0 saturated carbocycles. The number of rotatable bonds is 8. The van der Waals surface area contributed by atoms with Crippen molar-refractivity contribution in [1.29, 1.82) is 0 Å². The largest absolute Gasteiger partial charge is 0.381 e. The second-order valence-electron chi connectivity index (χ2n) is 9.12. The maximum absolute atomic E-state index is 12.7. The lowest BCUT2D eigenvalue weighted by Gasteiger charge is -2.38. The molecular weight excluding hydrogens is 430 g/mol. The number of hydrogen-bond donors (Lipinski definition) is 2. The van der Waals surface area contributed by atoms with Gasteiger partial charge in [-0.25, -0.2) is 4.98 Å². The van der Waals surface area contributed by atoms with Crippen molar-refractivity contribution in [3.8, 4) is 0 Å². The highest BCUT2D eigenvalue weighted by atomic mass is 16.5. The molecule has 2 aromatic rings. The van der Waals surface area contributed by atoms with Crippen LogP contribution >= 0.6 is 0 Å². The fourth-order valence-electron chi connectivity index (χ4n) is 4.81. The summed E-state index contributed by atoms with van der Waals surface area (Å²) in [5, 5.41) is 3.89. The zero-order valence-electron chi connectivity index (χ0n) is 20.4. The van der Waals surface area contributed by atoms with Crippen LogP contribution in [0.4, 0.5) is 11.8 Å². The van der Waals surface area contributed by atoms with E-state index in [0.29, 0.717) is 28.1 Å². The molecule has 0 bridgehead atoms. The first-order valence-corrected chi connectivity index (χ1v) is 12.0. The van der Waals surface area contributed by atoms with Gasteiger partial charge in [-0.15, -0.1) is 0 Å². The number of likely N-dealkylation sites (N-methyl/N-ethyl adjacent to an activating group) is 1. The summed E-state index contributed by atoms with van der Waals surface area (Å²) in [7, 11) is 1.74. The topological polar surface area (TPSA) is 98.7 Å². The smallest absolute Gasteiger partial charge is 0.261 e. The Bertz CT molecular complexity index is 1120. The van der Waals surface area contributed by atoms with E-state index >= 15 is 0 Å². The maximum Gasteiger partial charge on any atom is 0.261 e. The van der Waals surface area contributed by atoms with Gasteiger partial charge in [-0.05, 0) is 56.7 Å². The molecule has 0 radical (unpaired) electrons. The number of aromatic nitrogens is 3. The van der Waals surface area contributed by atoms with E-state index in [2.05, 4.69) is 33.7 Å². The Balaban J connectivity index is 1.63. The van der Waals surface area contributed by atoms with Crippen molar-refractivity contribution in [2.75, 3.05) is 50.1 Å². The molecule has 1 unspecified atom stereocenters. The zero-order chi connectivity index (χ0) is 24.1. The maximum atomic E-state index is 12.7. The molecule has 9 nitrogen and oxygen atoms in total. The lowest BCUT2D eigenvalue weighted by Crippen LogP contribution is -2.41. The molecule has 1 atom stereocenters. The number of H-pyrrole nitrogens is 1. The number of ether oxygens (including phenoxy) is 1. The van der Waals surface area contributed by atoms with Gasteiger partial charge in [0.2, 0.25) is 5.95 Å². The summed E-state index contributed by atoms with van der Waals surface area (Å²) >= 11 is 0. The SMILES string of the molecule is C=CC(=CC(C)Nc1nc(N2CCC3(CCOC3)CC2)nc2cc[nH]c(=O)c12)N(C=NC)CC. The molecule has 4 rings (SSSR count). The van der Waals surface area contributed by atoms with Gasteiger partial charge in [-0.2, -0.15) is 4.98 Å². The molecule has 0 aromatic carbocycles. The third-order valence-corrected chi connectivity index (χ3v) is 6.82. The number of piperidine rings is 1. The Kier molecular flexibility index (Phi) is 7.31. The first-order valence-electron chi connectivity index (χ1n) is 12.0. The average molecular weight is 466 g/mol. The number of allylic oxidation sites excluding steroid dienone is 1. The summed E-state index contributed by atoms with van der Waals surface area (Å²) in [6.07, 6.45) is 10.5. The predicted molar refractivity (Wildman–Crippen MR) is 138 cm³/mol. The van der Waals surface area contributed by atoms with Crippen LogP contribution in [0.1, 0.15) is 33.1 Å². The number of nitrogens with zero attached hydrogens (tertiary/aromatic N) is 5. The third-order valence-electron chi connectivity index (χ3n) is 6.82. The minimum absolute atomic E-state index is 0.113. The highest BCUT2D eigenvalue weighted by molar-refractivity contribution is 5.89. The molecule has 2 saturated heterocycles. The number of aromatic amines is 1. The first kappa shape index (κ1) is 23.9.